The molecule has 2 aliphatic rings. The van der Waals surface area contributed by atoms with Crippen molar-refractivity contribution in [2.75, 3.05) is 45.7 Å². The Balaban J connectivity index is 1.45. The Kier molecular flexibility index (Phi) is 9.03. The highest BCUT2D eigenvalue weighted by molar-refractivity contribution is 7.80. The third-order valence-corrected chi connectivity index (χ3v) is 8.58. The minimum Gasteiger partial charge on any atom is -0.497 e. The fourth-order valence-corrected chi connectivity index (χ4v) is 5.93. The van der Waals surface area contributed by atoms with E-state index in [9.17, 15) is 14.0 Å². The van der Waals surface area contributed by atoms with Gasteiger partial charge < -0.3 is 30.1 Å². The standard InChI is InChI=1S/C32H36FN5O3S/c1-36-18-16-32(17-19-36,30(40)34-25-12-14-26(41-2)15-13-25)38(20-24-10-6-7-11-27(24)33)29(39)22-37-21-28(35-31(37)42)23-8-4-3-5-9-23/h3-15,28H,16-22H2,1-2H3,(H,34,40)(H,35,42)/t28-/m0/s1. The lowest BCUT2D eigenvalue weighted by atomic mass is 9.83. The first-order chi connectivity index (χ1) is 20.3. The zero-order chi connectivity index (χ0) is 29.7. The molecule has 3 aromatic rings. The van der Waals surface area contributed by atoms with Crippen LogP contribution >= 0.6 is 12.2 Å². The van der Waals surface area contributed by atoms with E-state index in [1.54, 1.807) is 54.5 Å². The van der Waals surface area contributed by atoms with Crippen molar-refractivity contribution in [1.29, 1.82) is 0 Å². The topological polar surface area (TPSA) is 77.1 Å². The zero-order valence-corrected chi connectivity index (χ0v) is 24.7. The Morgan fingerprint density at radius 2 is 1.71 bits per heavy atom. The molecule has 0 bridgehead atoms. The number of ether oxygens (including phenoxy) is 1. The number of rotatable bonds is 9. The molecular formula is C32H36FN5O3S. The molecule has 42 heavy (non-hydrogen) atoms. The van der Waals surface area contributed by atoms with Crippen molar-refractivity contribution in [3.63, 3.8) is 0 Å². The average Bonchev–Trinajstić information content (AvgIpc) is 3.37. The maximum atomic E-state index is 15.0. The van der Waals surface area contributed by atoms with Gasteiger partial charge in [-0.05, 0) is 68.0 Å². The Morgan fingerprint density at radius 3 is 2.38 bits per heavy atom. The molecule has 8 nitrogen and oxygen atoms in total. The highest BCUT2D eigenvalue weighted by Gasteiger charge is 2.48. The third kappa shape index (κ3) is 6.39. The number of thiocarbonyl (C=S) groups is 1. The summed E-state index contributed by atoms with van der Waals surface area (Å²) < 4.78 is 20.2. The van der Waals surface area contributed by atoms with Crippen LogP contribution in [0, 0.1) is 5.82 Å². The third-order valence-electron chi connectivity index (χ3n) is 8.20. The molecule has 2 saturated heterocycles. The number of nitrogens with one attached hydrogen (secondary N) is 2. The molecule has 5 rings (SSSR count). The van der Waals surface area contributed by atoms with E-state index in [-0.39, 0.29) is 30.9 Å². The number of amides is 2. The summed E-state index contributed by atoms with van der Waals surface area (Å²) in [5.74, 6) is -0.334. The van der Waals surface area contributed by atoms with Gasteiger partial charge in [-0.25, -0.2) is 4.39 Å². The highest BCUT2D eigenvalue weighted by atomic mass is 32.1. The minimum absolute atomic E-state index is 0.0307. The van der Waals surface area contributed by atoms with Crippen LogP contribution in [-0.4, -0.2) is 77.5 Å². The summed E-state index contributed by atoms with van der Waals surface area (Å²) in [5, 5.41) is 6.82. The Morgan fingerprint density at radius 1 is 1.05 bits per heavy atom. The van der Waals surface area contributed by atoms with Crippen LogP contribution in [-0.2, 0) is 16.1 Å². The van der Waals surface area contributed by atoms with Crippen LogP contribution in [0.1, 0.15) is 30.0 Å². The summed E-state index contributed by atoms with van der Waals surface area (Å²) in [4.78, 5) is 34.0. The van der Waals surface area contributed by atoms with Crippen molar-refractivity contribution >= 4 is 34.8 Å². The molecule has 3 aromatic carbocycles. The van der Waals surface area contributed by atoms with Crippen molar-refractivity contribution in [3.05, 3.63) is 95.8 Å². The fourth-order valence-electron chi connectivity index (χ4n) is 5.65. The molecule has 2 aliphatic heterocycles. The van der Waals surface area contributed by atoms with E-state index in [1.165, 1.54) is 6.07 Å². The van der Waals surface area contributed by atoms with Crippen LogP contribution in [0.2, 0.25) is 0 Å². The van der Waals surface area contributed by atoms with Gasteiger partial charge in [-0.15, -0.1) is 0 Å². The van der Waals surface area contributed by atoms with Crippen molar-refractivity contribution in [3.8, 4) is 5.75 Å². The second-order valence-corrected chi connectivity index (χ2v) is 11.3. The lowest BCUT2D eigenvalue weighted by molar-refractivity contribution is -0.150. The van der Waals surface area contributed by atoms with Crippen molar-refractivity contribution in [2.45, 2.75) is 31.0 Å². The number of nitrogens with zero attached hydrogens (tertiary/aromatic N) is 3. The average molecular weight is 590 g/mol. The van der Waals surface area contributed by atoms with E-state index < -0.39 is 11.4 Å². The maximum Gasteiger partial charge on any atom is 0.250 e. The monoisotopic (exact) mass is 589 g/mol. The largest absolute Gasteiger partial charge is 0.497 e. The number of methoxy groups -OCH3 is 1. The van der Waals surface area contributed by atoms with Crippen molar-refractivity contribution < 1.29 is 18.7 Å². The van der Waals surface area contributed by atoms with E-state index in [0.29, 0.717) is 54.6 Å². The normalized spacial score (nSPS) is 18.3. The second-order valence-electron chi connectivity index (χ2n) is 10.9. The van der Waals surface area contributed by atoms with Gasteiger partial charge in [0, 0.05) is 37.4 Å². The Bertz CT molecular complexity index is 1410. The molecule has 220 valence electrons. The predicted molar refractivity (Wildman–Crippen MR) is 165 cm³/mol. The van der Waals surface area contributed by atoms with Crippen LogP contribution < -0.4 is 15.4 Å². The minimum atomic E-state index is -1.20. The maximum absolute atomic E-state index is 15.0. The number of hydrogen-bond donors (Lipinski definition) is 2. The number of anilines is 1. The van der Waals surface area contributed by atoms with E-state index in [0.717, 1.165) is 5.56 Å². The van der Waals surface area contributed by atoms with Gasteiger partial charge in [0.25, 0.3) is 0 Å². The van der Waals surface area contributed by atoms with Crippen molar-refractivity contribution in [2.24, 2.45) is 0 Å². The van der Waals surface area contributed by atoms with Gasteiger partial charge in [0.2, 0.25) is 11.8 Å². The first kappa shape index (κ1) is 29.5. The summed E-state index contributed by atoms with van der Waals surface area (Å²) in [6.45, 7) is 1.65. The number of benzene rings is 3. The molecule has 0 spiro atoms. The van der Waals surface area contributed by atoms with Gasteiger partial charge in [-0.2, -0.15) is 0 Å². The van der Waals surface area contributed by atoms with Crippen LogP contribution in [0.15, 0.2) is 78.9 Å². The molecule has 1 atom stereocenters. The molecule has 0 aromatic heterocycles. The second kappa shape index (κ2) is 12.9. The molecule has 2 heterocycles. The molecule has 0 unspecified atom stereocenters. The highest BCUT2D eigenvalue weighted by Crippen LogP contribution is 2.33. The molecule has 2 N–H and O–H groups in total. The van der Waals surface area contributed by atoms with Gasteiger partial charge in [0.1, 0.15) is 17.1 Å². The lowest BCUT2D eigenvalue weighted by Gasteiger charge is -2.47. The number of carbonyl (C=O) groups excluding carboxylic acids is 2. The van der Waals surface area contributed by atoms with Crippen molar-refractivity contribution in [1.82, 2.24) is 20.0 Å². The molecule has 0 radical (unpaired) electrons. The van der Waals surface area contributed by atoms with Gasteiger partial charge in [0.05, 0.1) is 19.7 Å². The lowest BCUT2D eigenvalue weighted by Crippen LogP contribution is -2.64. The van der Waals surface area contributed by atoms with Crippen LogP contribution in [0.3, 0.4) is 0 Å². The van der Waals surface area contributed by atoms with Gasteiger partial charge in [0.15, 0.2) is 5.11 Å². The SMILES string of the molecule is COc1ccc(NC(=O)C2(N(Cc3ccccc3F)C(=O)CN3C[C@@H](c4ccccc4)NC3=S)CCN(C)CC2)cc1. The predicted octanol–water partition coefficient (Wildman–Crippen LogP) is 4.20. The summed E-state index contributed by atoms with van der Waals surface area (Å²) in [7, 11) is 3.57. The molecular weight excluding hydrogens is 553 g/mol. The van der Waals surface area contributed by atoms with Gasteiger partial charge in [-0.3, -0.25) is 9.59 Å². The molecule has 0 saturated carbocycles. The van der Waals surface area contributed by atoms with E-state index in [1.807, 2.05) is 42.3 Å². The number of carbonyl (C=O) groups is 2. The molecule has 10 heteroatoms. The van der Waals surface area contributed by atoms with Gasteiger partial charge >= 0.3 is 0 Å². The van der Waals surface area contributed by atoms with E-state index in [2.05, 4.69) is 15.5 Å². The first-order valence-electron chi connectivity index (χ1n) is 14.1. The Hall–Kier alpha value is -4.02. The summed E-state index contributed by atoms with van der Waals surface area (Å²) in [5.41, 5.74) is 0.821. The fraction of sp³-hybridized carbons (Fsp3) is 0.344. The van der Waals surface area contributed by atoms with E-state index >= 15 is 0 Å². The first-order valence-corrected chi connectivity index (χ1v) is 14.5. The smallest absolute Gasteiger partial charge is 0.250 e. The van der Waals surface area contributed by atoms with Crippen LogP contribution in [0.4, 0.5) is 10.1 Å². The van der Waals surface area contributed by atoms with Gasteiger partial charge in [-0.1, -0.05) is 48.5 Å². The number of halogens is 1. The zero-order valence-electron chi connectivity index (χ0n) is 23.9. The van der Waals surface area contributed by atoms with Crippen LogP contribution in [0.25, 0.3) is 0 Å². The number of piperidine rings is 1. The number of likely N-dealkylation sites (tertiary alicyclic amines) is 1. The van der Waals surface area contributed by atoms with Crippen LogP contribution in [0.5, 0.6) is 5.75 Å². The van der Waals surface area contributed by atoms with E-state index in [4.69, 9.17) is 17.0 Å². The summed E-state index contributed by atoms with van der Waals surface area (Å²) in [6.07, 6.45) is 0.808. The molecule has 2 fully saturated rings. The summed E-state index contributed by atoms with van der Waals surface area (Å²) in [6, 6.07) is 23.3. The Labute approximate surface area is 251 Å². The number of hydrogen-bond acceptors (Lipinski definition) is 5. The molecule has 2 amide bonds. The quantitative estimate of drug-likeness (QED) is 0.363. The summed E-state index contributed by atoms with van der Waals surface area (Å²) >= 11 is 5.62. The molecule has 0 aliphatic carbocycles.